The Labute approximate surface area is 93.0 Å². The molecule has 3 heteroatoms. The third-order valence-electron chi connectivity index (χ3n) is 2.77. The first kappa shape index (κ1) is 9.99. The van der Waals surface area contributed by atoms with Gasteiger partial charge >= 0.3 is 0 Å². The Kier molecular flexibility index (Phi) is 3.08. The highest BCUT2D eigenvalue weighted by atomic mass is 79.9. The van der Waals surface area contributed by atoms with E-state index in [1.165, 1.54) is 12.8 Å². The number of nitrogens with two attached hydrogens (primary N) is 1. The highest BCUT2D eigenvalue weighted by Crippen LogP contribution is 2.22. The summed E-state index contributed by atoms with van der Waals surface area (Å²) in [5.74, 6) is 0. The predicted molar refractivity (Wildman–Crippen MR) is 63.4 cm³/mol. The van der Waals surface area contributed by atoms with E-state index < -0.39 is 0 Å². The Morgan fingerprint density at radius 1 is 1.21 bits per heavy atom. The Balaban J connectivity index is 2.00. The number of anilines is 1. The SMILES string of the molecule is N[C@@H]1CCC[C@@H]1Nc1ccc(Br)cc1. The maximum atomic E-state index is 5.98. The van der Waals surface area contributed by atoms with Gasteiger partial charge < -0.3 is 11.1 Å². The van der Waals surface area contributed by atoms with Crippen LogP contribution in [0.5, 0.6) is 0 Å². The fraction of sp³-hybridized carbons (Fsp3) is 0.455. The van der Waals surface area contributed by atoms with E-state index in [0.29, 0.717) is 12.1 Å². The molecule has 14 heavy (non-hydrogen) atoms. The minimum Gasteiger partial charge on any atom is -0.381 e. The van der Waals surface area contributed by atoms with Gasteiger partial charge in [0.2, 0.25) is 0 Å². The average molecular weight is 255 g/mol. The Bertz CT molecular complexity index is 297. The number of halogens is 1. The van der Waals surface area contributed by atoms with Crippen molar-refractivity contribution >= 4 is 21.6 Å². The summed E-state index contributed by atoms with van der Waals surface area (Å²) in [5.41, 5.74) is 7.15. The third-order valence-corrected chi connectivity index (χ3v) is 3.29. The number of hydrogen-bond donors (Lipinski definition) is 2. The summed E-state index contributed by atoms with van der Waals surface area (Å²) < 4.78 is 1.11. The molecule has 0 unspecified atom stereocenters. The van der Waals surface area contributed by atoms with Gasteiger partial charge in [-0.05, 0) is 43.5 Å². The molecule has 2 atom stereocenters. The van der Waals surface area contributed by atoms with E-state index in [0.717, 1.165) is 16.6 Å². The molecular formula is C11H15BrN2. The second-order valence-electron chi connectivity index (χ2n) is 3.85. The Morgan fingerprint density at radius 3 is 2.50 bits per heavy atom. The van der Waals surface area contributed by atoms with Crippen molar-refractivity contribution in [2.24, 2.45) is 5.73 Å². The lowest BCUT2D eigenvalue weighted by Crippen LogP contribution is -2.35. The van der Waals surface area contributed by atoms with Gasteiger partial charge in [0.15, 0.2) is 0 Å². The van der Waals surface area contributed by atoms with Gasteiger partial charge in [0.25, 0.3) is 0 Å². The van der Waals surface area contributed by atoms with Crippen LogP contribution in [0.25, 0.3) is 0 Å². The van der Waals surface area contributed by atoms with Crippen LogP contribution in [0.2, 0.25) is 0 Å². The van der Waals surface area contributed by atoms with E-state index >= 15 is 0 Å². The molecule has 1 saturated carbocycles. The number of rotatable bonds is 2. The molecule has 0 aliphatic heterocycles. The zero-order valence-electron chi connectivity index (χ0n) is 8.04. The molecule has 0 heterocycles. The second kappa shape index (κ2) is 4.32. The normalized spacial score (nSPS) is 26.4. The Hall–Kier alpha value is -0.540. The van der Waals surface area contributed by atoms with Gasteiger partial charge in [-0.1, -0.05) is 15.9 Å². The molecule has 0 aromatic heterocycles. The zero-order valence-corrected chi connectivity index (χ0v) is 9.63. The molecule has 0 spiro atoms. The molecule has 2 nitrogen and oxygen atoms in total. The summed E-state index contributed by atoms with van der Waals surface area (Å²) in [6.45, 7) is 0. The molecule has 1 aliphatic carbocycles. The van der Waals surface area contributed by atoms with E-state index in [2.05, 4.69) is 33.4 Å². The van der Waals surface area contributed by atoms with E-state index in [9.17, 15) is 0 Å². The largest absolute Gasteiger partial charge is 0.381 e. The first-order chi connectivity index (χ1) is 6.75. The maximum absolute atomic E-state index is 5.98. The number of benzene rings is 1. The van der Waals surface area contributed by atoms with Gasteiger partial charge in [-0.25, -0.2) is 0 Å². The molecule has 0 radical (unpaired) electrons. The zero-order chi connectivity index (χ0) is 9.97. The first-order valence-corrected chi connectivity index (χ1v) is 5.83. The fourth-order valence-electron chi connectivity index (χ4n) is 1.93. The summed E-state index contributed by atoms with van der Waals surface area (Å²) in [6, 6.07) is 9.02. The van der Waals surface area contributed by atoms with Gasteiger partial charge in [-0.15, -0.1) is 0 Å². The van der Waals surface area contributed by atoms with Crippen LogP contribution in [-0.2, 0) is 0 Å². The topological polar surface area (TPSA) is 38.0 Å². The van der Waals surface area contributed by atoms with Crippen molar-refractivity contribution in [3.63, 3.8) is 0 Å². The van der Waals surface area contributed by atoms with Crippen LogP contribution in [0.3, 0.4) is 0 Å². The molecule has 0 bridgehead atoms. The second-order valence-corrected chi connectivity index (χ2v) is 4.77. The first-order valence-electron chi connectivity index (χ1n) is 5.03. The maximum Gasteiger partial charge on any atom is 0.0412 e. The van der Waals surface area contributed by atoms with E-state index in [-0.39, 0.29) is 0 Å². The van der Waals surface area contributed by atoms with E-state index in [4.69, 9.17) is 5.73 Å². The molecule has 1 aromatic rings. The van der Waals surface area contributed by atoms with Gasteiger partial charge in [0.05, 0.1) is 0 Å². The van der Waals surface area contributed by atoms with Crippen molar-refractivity contribution in [3.8, 4) is 0 Å². The molecule has 2 rings (SSSR count). The van der Waals surface area contributed by atoms with Crippen LogP contribution >= 0.6 is 15.9 Å². The van der Waals surface area contributed by atoms with Crippen LogP contribution in [0, 0.1) is 0 Å². The Morgan fingerprint density at radius 2 is 1.93 bits per heavy atom. The van der Waals surface area contributed by atoms with Crippen LogP contribution in [0.1, 0.15) is 19.3 Å². The monoisotopic (exact) mass is 254 g/mol. The third kappa shape index (κ3) is 2.28. The quantitative estimate of drug-likeness (QED) is 0.852. The van der Waals surface area contributed by atoms with Crippen molar-refractivity contribution in [2.75, 3.05) is 5.32 Å². The van der Waals surface area contributed by atoms with Crippen molar-refractivity contribution in [2.45, 2.75) is 31.3 Å². The lowest BCUT2D eigenvalue weighted by molar-refractivity contribution is 0.638. The minimum atomic E-state index is 0.318. The summed E-state index contributed by atoms with van der Waals surface area (Å²) >= 11 is 3.42. The molecule has 3 N–H and O–H groups in total. The summed E-state index contributed by atoms with van der Waals surface area (Å²) in [5, 5.41) is 3.47. The number of nitrogens with one attached hydrogen (secondary N) is 1. The molecule has 1 aliphatic rings. The van der Waals surface area contributed by atoms with Crippen molar-refractivity contribution in [3.05, 3.63) is 28.7 Å². The minimum absolute atomic E-state index is 0.318. The van der Waals surface area contributed by atoms with Crippen molar-refractivity contribution in [1.29, 1.82) is 0 Å². The summed E-state index contributed by atoms with van der Waals surface area (Å²) in [6.07, 6.45) is 3.58. The molecule has 1 aromatic carbocycles. The van der Waals surface area contributed by atoms with Gasteiger partial charge in [-0.3, -0.25) is 0 Å². The highest BCUT2D eigenvalue weighted by molar-refractivity contribution is 9.10. The van der Waals surface area contributed by atoms with E-state index in [1.54, 1.807) is 0 Å². The van der Waals surface area contributed by atoms with Gasteiger partial charge in [0, 0.05) is 22.2 Å². The standard InChI is InChI=1S/C11H15BrN2/c12-8-4-6-9(7-5-8)14-11-3-1-2-10(11)13/h4-7,10-11,14H,1-3,13H2/t10-,11+/m1/s1. The smallest absolute Gasteiger partial charge is 0.0412 e. The van der Waals surface area contributed by atoms with E-state index in [1.807, 2.05) is 12.1 Å². The van der Waals surface area contributed by atoms with Crippen LogP contribution < -0.4 is 11.1 Å². The summed E-state index contributed by atoms with van der Waals surface area (Å²) in [4.78, 5) is 0. The van der Waals surface area contributed by atoms with Crippen LogP contribution in [-0.4, -0.2) is 12.1 Å². The molecular weight excluding hydrogens is 240 g/mol. The van der Waals surface area contributed by atoms with Gasteiger partial charge in [0.1, 0.15) is 0 Å². The van der Waals surface area contributed by atoms with Crippen molar-refractivity contribution < 1.29 is 0 Å². The molecule has 76 valence electrons. The van der Waals surface area contributed by atoms with Crippen molar-refractivity contribution in [1.82, 2.24) is 0 Å². The summed E-state index contributed by atoms with van der Waals surface area (Å²) in [7, 11) is 0. The lowest BCUT2D eigenvalue weighted by Gasteiger charge is -2.18. The van der Waals surface area contributed by atoms with Crippen LogP contribution in [0.4, 0.5) is 5.69 Å². The fourth-order valence-corrected chi connectivity index (χ4v) is 2.19. The lowest BCUT2D eigenvalue weighted by atomic mass is 10.2. The molecule has 0 saturated heterocycles. The number of hydrogen-bond acceptors (Lipinski definition) is 2. The average Bonchev–Trinajstić information content (AvgIpc) is 2.56. The highest BCUT2D eigenvalue weighted by Gasteiger charge is 2.23. The molecule has 0 amide bonds. The predicted octanol–water partition coefficient (Wildman–Crippen LogP) is 2.74. The van der Waals surface area contributed by atoms with Gasteiger partial charge in [-0.2, -0.15) is 0 Å². The van der Waals surface area contributed by atoms with Crippen LogP contribution in [0.15, 0.2) is 28.7 Å². The molecule has 1 fully saturated rings.